The SMILES string of the molecule is c1ccc(-c2nc(-c3ccccc3)nc(-c3cccc(-c4nc(-c5ncnc6c5oc5ccccc56)cc5ccccc45)c3)n2)cc1. The maximum Gasteiger partial charge on any atom is 0.181 e. The van der Waals surface area contributed by atoms with Crippen molar-refractivity contribution in [3.8, 4) is 56.8 Å². The second-order valence-electron chi connectivity index (χ2n) is 11.2. The van der Waals surface area contributed by atoms with Crippen LogP contribution in [0.2, 0.25) is 0 Å². The predicted octanol–water partition coefficient (Wildman–Crippen LogP) is 9.44. The maximum absolute atomic E-state index is 6.28. The number of nitrogens with zero attached hydrogens (tertiary/aromatic N) is 6. The molecule has 0 radical (unpaired) electrons. The highest BCUT2D eigenvalue weighted by Crippen LogP contribution is 2.36. The van der Waals surface area contributed by atoms with Crippen LogP contribution < -0.4 is 0 Å². The average molecular weight is 605 g/mol. The van der Waals surface area contributed by atoms with E-state index in [4.69, 9.17) is 24.4 Å². The van der Waals surface area contributed by atoms with Crippen LogP contribution in [0.1, 0.15) is 0 Å². The van der Waals surface area contributed by atoms with Crippen molar-refractivity contribution in [1.82, 2.24) is 29.9 Å². The number of hydrogen-bond acceptors (Lipinski definition) is 7. The van der Waals surface area contributed by atoms with E-state index in [1.807, 2.05) is 109 Å². The first-order valence-corrected chi connectivity index (χ1v) is 15.3. The molecule has 0 aliphatic carbocycles. The van der Waals surface area contributed by atoms with E-state index in [2.05, 4.69) is 40.3 Å². The molecule has 47 heavy (non-hydrogen) atoms. The van der Waals surface area contributed by atoms with Gasteiger partial charge < -0.3 is 4.42 Å². The van der Waals surface area contributed by atoms with Crippen molar-refractivity contribution in [2.24, 2.45) is 0 Å². The summed E-state index contributed by atoms with van der Waals surface area (Å²) < 4.78 is 6.28. The number of benzene rings is 5. The minimum Gasteiger partial charge on any atom is -0.452 e. The predicted molar refractivity (Wildman–Crippen MR) is 185 cm³/mol. The van der Waals surface area contributed by atoms with Gasteiger partial charge in [-0.25, -0.2) is 29.9 Å². The van der Waals surface area contributed by atoms with Gasteiger partial charge in [-0.05, 0) is 29.7 Å². The molecule has 0 saturated heterocycles. The molecule has 220 valence electrons. The zero-order chi connectivity index (χ0) is 31.2. The van der Waals surface area contributed by atoms with E-state index in [1.54, 1.807) is 6.33 Å². The van der Waals surface area contributed by atoms with Crippen molar-refractivity contribution in [3.05, 3.63) is 146 Å². The molecule has 0 amide bonds. The second kappa shape index (κ2) is 11.1. The number of pyridine rings is 1. The largest absolute Gasteiger partial charge is 0.452 e. The number of rotatable bonds is 5. The zero-order valence-electron chi connectivity index (χ0n) is 24.9. The third kappa shape index (κ3) is 4.78. The van der Waals surface area contributed by atoms with Crippen molar-refractivity contribution >= 4 is 32.8 Å². The van der Waals surface area contributed by atoms with Crippen LogP contribution in [0.3, 0.4) is 0 Å². The van der Waals surface area contributed by atoms with Crippen molar-refractivity contribution in [3.63, 3.8) is 0 Å². The minimum atomic E-state index is 0.583. The quantitative estimate of drug-likeness (QED) is 0.193. The van der Waals surface area contributed by atoms with E-state index >= 15 is 0 Å². The van der Waals surface area contributed by atoms with Gasteiger partial charge in [-0.3, -0.25) is 0 Å². The molecule has 0 bridgehead atoms. The first-order chi connectivity index (χ1) is 23.3. The number of hydrogen-bond donors (Lipinski definition) is 0. The second-order valence-corrected chi connectivity index (χ2v) is 11.2. The molecule has 4 aromatic heterocycles. The van der Waals surface area contributed by atoms with Gasteiger partial charge in [-0.1, -0.05) is 115 Å². The Morgan fingerprint density at radius 1 is 0.426 bits per heavy atom. The van der Waals surface area contributed by atoms with E-state index in [0.29, 0.717) is 34.4 Å². The maximum atomic E-state index is 6.28. The third-order valence-electron chi connectivity index (χ3n) is 8.23. The van der Waals surface area contributed by atoms with E-state index < -0.39 is 0 Å². The Kier molecular flexibility index (Phi) is 6.31. The van der Waals surface area contributed by atoms with Gasteiger partial charge in [-0.2, -0.15) is 0 Å². The third-order valence-corrected chi connectivity index (χ3v) is 8.23. The van der Waals surface area contributed by atoms with Gasteiger partial charge in [0.2, 0.25) is 0 Å². The first-order valence-electron chi connectivity index (χ1n) is 15.3. The summed E-state index contributed by atoms with van der Waals surface area (Å²) in [6.45, 7) is 0. The molecule has 9 aromatic rings. The molecule has 5 aromatic carbocycles. The lowest BCUT2D eigenvalue weighted by Crippen LogP contribution is -2.00. The van der Waals surface area contributed by atoms with Crippen molar-refractivity contribution in [2.45, 2.75) is 0 Å². The van der Waals surface area contributed by atoms with E-state index in [1.165, 1.54) is 0 Å². The molecular weight excluding hydrogens is 580 g/mol. The highest BCUT2D eigenvalue weighted by Gasteiger charge is 2.19. The fraction of sp³-hybridized carbons (Fsp3) is 0. The molecule has 0 fully saturated rings. The van der Waals surface area contributed by atoms with Gasteiger partial charge in [-0.15, -0.1) is 0 Å². The van der Waals surface area contributed by atoms with Crippen LogP contribution in [0.25, 0.3) is 89.7 Å². The highest BCUT2D eigenvalue weighted by atomic mass is 16.3. The van der Waals surface area contributed by atoms with Gasteiger partial charge in [0.1, 0.15) is 23.1 Å². The van der Waals surface area contributed by atoms with E-state index in [9.17, 15) is 0 Å². The summed E-state index contributed by atoms with van der Waals surface area (Å²) in [7, 11) is 0. The fourth-order valence-electron chi connectivity index (χ4n) is 5.99. The molecule has 7 heteroatoms. The van der Waals surface area contributed by atoms with E-state index in [0.717, 1.165) is 55.2 Å². The number of fused-ring (bicyclic) bond motifs is 4. The number of para-hydroxylation sites is 1. The van der Waals surface area contributed by atoms with Gasteiger partial charge in [0.05, 0.1) is 11.4 Å². The van der Waals surface area contributed by atoms with Gasteiger partial charge in [0.25, 0.3) is 0 Å². The smallest absolute Gasteiger partial charge is 0.181 e. The Morgan fingerprint density at radius 3 is 1.77 bits per heavy atom. The van der Waals surface area contributed by atoms with Crippen LogP contribution in [-0.4, -0.2) is 29.9 Å². The Bertz CT molecular complexity index is 2520. The van der Waals surface area contributed by atoms with Crippen molar-refractivity contribution in [1.29, 1.82) is 0 Å². The normalized spacial score (nSPS) is 11.4. The van der Waals surface area contributed by atoms with Gasteiger partial charge in [0, 0.05) is 33.0 Å². The fourth-order valence-corrected chi connectivity index (χ4v) is 5.99. The lowest BCUT2D eigenvalue weighted by molar-refractivity contribution is 0.667. The van der Waals surface area contributed by atoms with E-state index in [-0.39, 0.29) is 0 Å². The molecular formula is C40H24N6O. The van der Waals surface area contributed by atoms with Crippen LogP contribution >= 0.6 is 0 Å². The Hall–Kier alpha value is -6.60. The molecule has 7 nitrogen and oxygen atoms in total. The highest BCUT2D eigenvalue weighted by molar-refractivity contribution is 6.07. The minimum absolute atomic E-state index is 0.583. The number of aromatic nitrogens is 6. The van der Waals surface area contributed by atoms with Crippen LogP contribution in [0, 0.1) is 0 Å². The Balaban J connectivity index is 1.22. The summed E-state index contributed by atoms with van der Waals surface area (Å²) in [4.78, 5) is 29.2. The molecule has 9 rings (SSSR count). The molecule has 4 heterocycles. The van der Waals surface area contributed by atoms with Gasteiger partial charge >= 0.3 is 0 Å². The van der Waals surface area contributed by atoms with Crippen LogP contribution in [-0.2, 0) is 0 Å². The lowest BCUT2D eigenvalue weighted by atomic mass is 10.0. The first kappa shape index (κ1) is 26.8. The monoisotopic (exact) mass is 604 g/mol. The Labute approximate surface area is 269 Å². The molecule has 0 spiro atoms. The molecule has 0 aliphatic rings. The number of furan rings is 1. The summed E-state index contributed by atoms with van der Waals surface area (Å²) in [5.74, 6) is 1.81. The standard InChI is InChI=1S/C40H24N6O/c1-3-12-25(13-4-1)38-44-39(26-14-5-2-6-15-26)46-40(45-38)29-18-11-17-28(22-29)34-30-19-8-7-16-27(30)23-32(43-34)36-37-35(41-24-42-36)31-20-9-10-21-33(31)47-37/h1-24H. The molecule has 0 unspecified atom stereocenters. The molecule has 0 saturated carbocycles. The van der Waals surface area contributed by atoms with Crippen LogP contribution in [0.4, 0.5) is 0 Å². The summed E-state index contributed by atoms with van der Waals surface area (Å²) in [6, 6.07) is 46.4. The summed E-state index contributed by atoms with van der Waals surface area (Å²) in [6.07, 6.45) is 1.58. The van der Waals surface area contributed by atoms with Crippen LogP contribution in [0.15, 0.2) is 150 Å². The zero-order valence-corrected chi connectivity index (χ0v) is 24.9. The van der Waals surface area contributed by atoms with Crippen LogP contribution in [0.5, 0.6) is 0 Å². The molecule has 0 N–H and O–H groups in total. The summed E-state index contributed by atoms with van der Waals surface area (Å²) in [5, 5.41) is 3.01. The lowest BCUT2D eigenvalue weighted by Gasteiger charge is -2.12. The topological polar surface area (TPSA) is 90.5 Å². The van der Waals surface area contributed by atoms with Crippen molar-refractivity contribution < 1.29 is 4.42 Å². The Morgan fingerprint density at radius 2 is 1.02 bits per heavy atom. The molecule has 0 atom stereocenters. The summed E-state index contributed by atoms with van der Waals surface area (Å²) in [5.41, 5.74) is 7.95. The van der Waals surface area contributed by atoms with Crippen molar-refractivity contribution in [2.75, 3.05) is 0 Å². The molecule has 0 aliphatic heterocycles. The summed E-state index contributed by atoms with van der Waals surface area (Å²) >= 11 is 0. The van der Waals surface area contributed by atoms with Gasteiger partial charge in [0.15, 0.2) is 23.1 Å². The average Bonchev–Trinajstić information content (AvgIpc) is 3.54.